The normalized spacial score (nSPS) is 38.2. The maximum atomic E-state index is 6.35. The second-order valence-corrected chi connectivity index (χ2v) is 6.63. The van der Waals surface area contributed by atoms with Crippen molar-refractivity contribution in [1.29, 1.82) is 0 Å². The largest absolute Gasteiger partial charge is 0.324 e. The van der Waals surface area contributed by atoms with Gasteiger partial charge in [0.2, 0.25) is 0 Å². The quantitative estimate of drug-likeness (QED) is 0.834. The van der Waals surface area contributed by atoms with Crippen molar-refractivity contribution in [1.82, 2.24) is 4.90 Å². The summed E-state index contributed by atoms with van der Waals surface area (Å²) in [5, 5.41) is 0. The van der Waals surface area contributed by atoms with Crippen molar-refractivity contribution in [2.45, 2.75) is 56.7 Å². The first-order valence-corrected chi connectivity index (χ1v) is 7.95. The molecule has 0 bridgehead atoms. The molecule has 1 heterocycles. The molecule has 2 aliphatic carbocycles. The van der Waals surface area contributed by atoms with E-state index in [0.29, 0.717) is 6.04 Å². The van der Waals surface area contributed by atoms with Gasteiger partial charge >= 0.3 is 0 Å². The number of piperidine rings is 1. The molecule has 0 spiro atoms. The highest BCUT2D eigenvalue weighted by atomic mass is 15.2. The predicted octanol–water partition coefficient (Wildman–Crippen LogP) is 3.40. The van der Waals surface area contributed by atoms with Gasteiger partial charge in [-0.05, 0) is 55.7 Å². The van der Waals surface area contributed by atoms with Crippen LogP contribution >= 0.6 is 0 Å². The summed E-state index contributed by atoms with van der Waals surface area (Å²) in [6.07, 6.45) is 8.28. The van der Waals surface area contributed by atoms with Gasteiger partial charge in [-0.25, -0.2) is 0 Å². The molecular weight excluding hydrogens is 232 g/mol. The number of nitrogens with zero attached hydrogens (tertiary/aromatic N) is 1. The summed E-state index contributed by atoms with van der Waals surface area (Å²) in [4.78, 5) is 2.81. The minimum Gasteiger partial charge on any atom is -0.324 e. The van der Waals surface area contributed by atoms with Crippen LogP contribution in [0, 0.1) is 5.92 Å². The second kappa shape index (κ2) is 4.60. The van der Waals surface area contributed by atoms with Crippen LogP contribution in [0.1, 0.15) is 61.7 Å². The Morgan fingerprint density at radius 3 is 2.68 bits per heavy atom. The Kier molecular flexibility index (Phi) is 2.89. The molecule has 4 rings (SSSR count). The third-order valence-corrected chi connectivity index (χ3v) is 5.67. The fraction of sp³-hybridized carbons (Fsp3) is 0.647. The van der Waals surface area contributed by atoms with Gasteiger partial charge in [-0.3, -0.25) is 4.90 Å². The van der Waals surface area contributed by atoms with Gasteiger partial charge in [0.1, 0.15) is 0 Å². The molecule has 1 saturated carbocycles. The average Bonchev–Trinajstić information content (AvgIpc) is 3.04. The Labute approximate surface area is 116 Å². The van der Waals surface area contributed by atoms with Gasteiger partial charge in [0.05, 0.1) is 0 Å². The van der Waals surface area contributed by atoms with Crippen molar-refractivity contribution in [2.75, 3.05) is 6.54 Å². The van der Waals surface area contributed by atoms with Crippen molar-refractivity contribution in [2.24, 2.45) is 11.7 Å². The monoisotopic (exact) mass is 256 g/mol. The standard InChI is InChI=1S/C17H24N2/c18-15-11-17(14-8-2-1-7-13(14)15)19-10-4-6-12-5-3-9-16(12)19/h1-2,7-8,12,15-17H,3-6,9-11,18H2. The Morgan fingerprint density at radius 2 is 1.79 bits per heavy atom. The predicted molar refractivity (Wildman–Crippen MR) is 77.8 cm³/mol. The minimum absolute atomic E-state index is 0.253. The molecule has 1 saturated heterocycles. The van der Waals surface area contributed by atoms with Crippen LogP contribution in [-0.4, -0.2) is 17.5 Å². The van der Waals surface area contributed by atoms with Crippen LogP contribution in [0.5, 0.6) is 0 Å². The molecule has 4 unspecified atom stereocenters. The number of rotatable bonds is 1. The molecule has 1 aromatic rings. The molecule has 4 atom stereocenters. The summed E-state index contributed by atoms with van der Waals surface area (Å²) in [7, 11) is 0. The molecule has 3 aliphatic rings. The maximum Gasteiger partial charge on any atom is 0.0372 e. The van der Waals surface area contributed by atoms with E-state index in [1.165, 1.54) is 49.8 Å². The first-order chi connectivity index (χ1) is 9.34. The fourth-order valence-electron chi connectivity index (χ4n) is 4.84. The summed E-state index contributed by atoms with van der Waals surface area (Å²) in [6, 6.07) is 10.6. The van der Waals surface area contributed by atoms with E-state index >= 15 is 0 Å². The first kappa shape index (κ1) is 11.9. The Hall–Kier alpha value is -0.860. The number of benzene rings is 1. The van der Waals surface area contributed by atoms with E-state index in [4.69, 9.17) is 5.73 Å². The van der Waals surface area contributed by atoms with Crippen molar-refractivity contribution in [3.63, 3.8) is 0 Å². The minimum atomic E-state index is 0.253. The zero-order valence-electron chi connectivity index (χ0n) is 11.6. The van der Waals surface area contributed by atoms with Crippen LogP contribution < -0.4 is 5.73 Å². The van der Waals surface area contributed by atoms with Crippen LogP contribution in [-0.2, 0) is 0 Å². The molecule has 102 valence electrons. The van der Waals surface area contributed by atoms with E-state index in [-0.39, 0.29) is 6.04 Å². The lowest BCUT2D eigenvalue weighted by Gasteiger charge is -2.42. The highest BCUT2D eigenvalue weighted by Crippen LogP contribution is 2.47. The van der Waals surface area contributed by atoms with Crippen molar-refractivity contribution in [3.05, 3.63) is 35.4 Å². The third-order valence-electron chi connectivity index (χ3n) is 5.67. The summed E-state index contributed by atoms with van der Waals surface area (Å²) in [5.41, 5.74) is 9.27. The molecule has 2 fully saturated rings. The highest BCUT2D eigenvalue weighted by Gasteiger charge is 2.41. The average molecular weight is 256 g/mol. The number of nitrogens with two attached hydrogens (primary N) is 1. The van der Waals surface area contributed by atoms with Crippen molar-refractivity contribution < 1.29 is 0 Å². The molecule has 1 aliphatic heterocycles. The molecule has 19 heavy (non-hydrogen) atoms. The van der Waals surface area contributed by atoms with Crippen molar-refractivity contribution >= 4 is 0 Å². The molecule has 0 radical (unpaired) electrons. The van der Waals surface area contributed by atoms with Gasteiger partial charge in [0.15, 0.2) is 0 Å². The van der Waals surface area contributed by atoms with Gasteiger partial charge in [-0.1, -0.05) is 30.7 Å². The van der Waals surface area contributed by atoms with Crippen LogP contribution in [0.2, 0.25) is 0 Å². The molecule has 2 heteroatoms. The number of hydrogen-bond donors (Lipinski definition) is 1. The lowest BCUT2D eigenvalue weighted by Crippen LogP contribution is -2.44. The van der Waals surface area contributed by atoms with Gasteiger partial charge < -0.3 is 5.73 Å². The van der Waals surface area contributed by atoms with Crippen LogP contribution in [0.25, 0.3) is 0 Å². The van der Waals surface area contributed by atoms with Gasteiger partial charge in [0.25, 0.3) is 0 Å². The molecule has 1 aromatic carbocycles. The zero-order chi connectivity index (χ0) is 12.8. The topological polar surface area (TPSA) is 29.3 Å². The third kappa shape index (κ3) is 1.85. The van der Waals surface area contributed by atoms with Gasteiger partial charge in [-0.15, -0.1) is 0 Å². The van der Waals surface area contributed by atoms with Crippen LogP contribution in [0.4, 0.5) is 0 Å². The summed E-state index contributed by atoms with van der Waals surface area (Å²) in [6.45, 7) is 1.28. The summed E-state index contributed by atoms with van der Waals surface area (Å²) in [5.74, 6) is 0.970. The van der Waals surface area contributed by atoms with E-state index in [9.17, 15) is 0 Å². The Balaban J connectivity index is 1.66. The van der Waals surface area contributed by atoms with E-state index in [0.717, 1.165) is 18.4 Å². The Morgan fingerprint density at radius 1 is 1.00 bits per heavy atom. The lowest BCUT2D eigenvalue weighted by molar-refractivity contribution is 0.0652. The van der Waals surface area contributed by atoms with Crippen LogP contribution in [0.15, 0.2) is 24.3 Å². The highest BCUT2D eigenvalue weighted by molar-refractivity contribution is 5.37. The second-order valence-electron chi connectivity index (χ2n) is 6.63. The smallest absolute Gasteiger partial charge is 0.0372 e. The lowest BCUT2D eigenvalue weighted by atomic mass is 9.89. The number of fused-ring (bicyclic) bond motifs is 2. The molecular formula is C17H24N2. The summed E-state index contributed by atoms with van der Waals surface area (Å²) < 4.78 is 0. The van der Waals surface area contributed by atoms with E-state index in [1.54, 1.807) is 0 Å². The Bertz CT molecular complexity index is 470. The number of likely N-dealkylation sites (tertiary alicyclic amines) is 1. The number of hydrogen-bond acceptors (Lipinski definition) is 2. The summed E-state index contributed by atoms with van der Waals surface area (Å²) >= 11 is 0. The van der Waals surface area contributed by atoms with E-state index in [2.05, 4.69) is 29.2 Å². The molecule has 2 nitrogen and oxygen atoms in total. The molecule has 2 N–H and O–H groups in total. The van der Waals surface area contributed by atoms with E-state index < -0.39 is 0 Å². The van der Waals surface area contributed by atoms with E-state index in [1.807, 2.05) is 0 Å². The van der Waals surface area contributed by atoms with Crippen LogP contribution in [0.3, 0.4) is 0 Å². The SMILES string of the molecule is NC1CC(N2CCCC3CCCC32)c2ccccc21. The fourth-order valence-corrected chi connectivity index (χ4v) is 4.84. The van der Waals surface area contributed by atoms with Gasteiger partial charge in [0, 0.05) is 18.1 Å². The molecule has 0 amide bonds. The first-order valence-electron chi connectivity index (χ1n) is 7.95. The zero-order valence-corrected chi connectivity index (χ0v) is 11.6. The van der Waals surface area contributed by atoms with Gasteiger partial charge in [-0.2, -0.15) is 0 Å². The maximum absolute atomic E-state index is 6.35. The van der Waals surface area contributed by atoms with Crippen molar-refractivity contribution in [3.8, 4) is 0 Å². The molecule has 0 aromatic heterocycles.